The minimum atomic E-state index is -1.73. The Morgan fingerprint density at radius 3 is 2.44 bits per heavy atom. The molecule has 0 aromatic heterocycles. The lowest BCUT2D eigenvalue weighted by molar-refractivity contribution is -0.384. The van der Waals surface area contributed by atoms with Gasteiger partial charge in [0.05, 0.1) is 23.2 Å². The maximum atomic E-state index is 14.1. The van der Waals surface area contributed by atoms with Gasteiger partial charge < -0.3 is 9.47 Å². The zero-order chi connectivity index (χ0) is 20.9. The molecule has 0 saturated heterocycles. The summed E-state index contributed by atoms with van der Waals surface area (Å²) in [6.07, 6.45) is -0.966. The molecule has 9 nitrogen and oxygen atoms in total. The van der Waals surface area contributed by atoms with Gasteiger partial charge in [0, 0.05) is 13.1 Å². The number of benzene rings is 1. The number of hydrogen-bond acceptors (Lipinski definition) is 7. The molecule has 0 aliphatic heterocycles. The molecule has 1 rings (SSSR count). The van der Waals surface area contributed by atoms with Crippen LogP contribution in [0.2, 0.25) is 0 Å². The van der Waals surface area contributed by atoms with E-state index in [0.29, 0.717) is 6.07 Å². The molecule has 0 aliphatic carbocycles. The minimum Gasteiger partial charge on any atom is -0.465 e. The van der Waals surface area contributed by atoms with Crippen molar-refractivity contribution in [2.24, 2.45) is 0 Å². The van der Waals surface area contributed by atoms with Crippen LogP contribution in [0.3, 0.4) is 0 Å². The van der Waals surface area contributed by atoms with Gasteiger partial charge in [0.1, 0.15) is 17.1 Å². The van der Waals surface area contributed by atoms with Gasteiger partial charge in [-0.3, -0.25) is 19.8 Å². The maximum absolute atomic E-state index is 14.1. The van der Waals surface area contributed by atoms with Gasteiger partial charge in [-0.1, -0.05) is 0 Å². The topological polar surface area (TPSA) is 123 Å². The van der Waals surface area contributed by atoms with E-state index in [2.05, 4.69) is 0 Å². The highest BCUT2D eigenvalue weighted by Gasteiger charge is 2.35. The quantitative estimate of drug-likeness (QED) is 0.435. The lowest BCUT2D eigenvalue weighted by Gasteiger charge is -2.25. The van der Waals surface area contributed by atoms with Crippen LogP contribution in [0.4, 0.5) is 20.6 Å². The summed E-state index contributed by atoms with van der Waals surface area (Å²) < 4.78 is 24.0. The highest BCUT2D eigenvalue weighted by Crippen LogP contribution is 2.37. The Labute approximate surface area is 155 Å². The van der Waals surface area contributed by atoms with Crippen LogP contribution in [-0.4, -0.2) is 36.2 Å². The number of hydrogen-bond donors (Lipinski definition) is 0. The lowest BCUT2D eigenvalue weighted by Crippen LogP contribution is -2.34. The fraction of sp³-hybridized carbons (Fsp3) is 0.471. The summed E-state index contributed by atoms with van der Waals surface area (Å²) in [6.45, 7) is 6.21. The molecule has 0 N–H and O–H groups in total. The van der Waals surface area contributed by atoms with Crippen molar-refractivity contribution in [2.45, 2.75) is 39.2 Å². The van der Waals surface area contributed by atoms with Crippen molar-refractivity contribution >= 4 is 23.4 Å². The molecule has 1 aromatic rings. The lowest BCUT2D eigenvalue weighted by atomic mass is 9.97. The van der Waals surface area contributed by atoms with Gasteiger partial charge in [0.2, 0.25) is 0 Å². The second-order valence-electron chi connectivity index (χ2n) is 6.47. The van der Waals surface area contributed by atoms with E-state index in [0.717, 1.165) is 18.0 Å². The summed E-state index contributed by atoms with van der Waals surface area (Å²) in [5.74, 6) is -3.75. The van der Waals surface area contributed by atoms with E-state index < -0.39 is 51.3 Å². The van der Waals surface area contributed by atoms with E-state index in [1.807, 2.05) is 0 Å². The predicted octanol–water partition coefficient (Wildman–Crippen LogP) is 3.28. The molecule has 0 spiro atoms. The van der Waals surface area contributed by atoms with E-state index in [9.17, 15) is 29.4 Å². The molecule has 0 fully saturated rings. The Balaban J connectivity index is 3.57. The third kappa shape index (κ3) is 5.37. The van der Waals surface area contributed by atoms with Gasteiger partial charge in [-0.15, -0.1) is 0 Å². The van der Waals surface area contributed by atoms with Crippen LogP contribution in [-0.2, 0) is 14.3 Å². The van der Waals surface area contributed by atoms with Gasteiger partial charge in [-0.25, -0.2) is 9.18 Å². The average molecular weight is 381 g/mol. The van der Waals surface area contributed by atoms with E-state index in [1.165, 1.54) is 6.92 Å². The predicted molar refractivity (Wildman–Crippen MR) is 92.7 cm³/mol. The van der Waals surface area contributed by atoms with Crippen molar-refractivity contribution in [3.05, 3.63) is 33.6 Å². The number of nitriles is 1. The first-order valence-electron chi connectivity index (χ1n) is 7.93. The SMILES string of the molecule is CCOC(=O)C(C#N)c1cc(F)cc(N(C)C(=O)OC(C)(C)C)c1[N+](=O)[O-]. The summed E-state index contributed by atoms with van der Waals surface area (Å²) in [5.41, 5.74) is -2.61. The Morgan fingerprint density at radius 1 is 1.41 bits per heavy atom. The van der Waals surface area contributed by atoms with Crippen molar-refractivity contribution in [2.75, 3.05) is 18.6 Å². The molecule has 0 aliphatic rings. The first-order valence-corrected chi connectivity index (χ1v) is 7.93. The third-order valence-corrected chi connectivity index (χ3v) is 3.26. The minimum absolute atomic E-state index is 0.0647. The summed E-state index contributed by atoms with van der Waals surface area (Å²) in [7, 11) is 1.16. The Kier molecular flexibility index (Phi) is 6.82. The molecule has 1 unspecified atom stereocenters. The number of nitro benzene ring substituents is 1. The molecular formula is C17H20FN3O6. The van der Waals surface area contributed by atoms with Gasteiger partial charge in [-0.2, -0.15) is 5.26 Å². The molecule has 146 valence electrons. The number of nitro groups is 1. The Hall–Kier alpha value is -3.22. The van der Waals surface area contributed by atoms with Crippen LogP contribution in [0.25, 0.3) is 0 Å². The molecule has 0 heterocycles. The van der Waals surface area contributed by atoms with E-state index >= 15 is 0 Å². The van der Waals surface area contributed by atoms with Gasteiger partial charge in [0.15, 0.2) is 5.92 Å². The number of amides is 1. The van der Waals surface area contributed by atoms with Crippen LogP contribution in [0.1, 0.15) is 39.2 Å². The molecule has 10 heteroatoms. The average Bonchev–Trinajstić information content (AvgIpc) is 2.52. The highest BCUT2D eigenvalue weighted by molar-refractivity contribution is 5.92. The highest BCUT2D eigenvalue weighted by atomic mass is 19.1. The second-order valence-corrected chi connectivity index (χ2v) is 6.47. The van der Waals surface area contributed by atoms with Crippen molar-refractivity contribution in [3.8, 4) is 6.07 Å². The number of rotatable bonds is 5. The molecule has 27 heavy (non-hydrogen) atoms. The number of ether oxygens (including phenoxy) is 2. The number of halogens is 1. The maximum Gasteiger partial charge on any atom is 0.414 e. The standard InChI is InChI=1S/C17H20FN3O6/c1-6-26-15(22)12(9-19)11-7-10(18)8-13(14(11)21(24)25)20(5)16(23)27-17(2,3)4/h7-8,12H,6H2,1-5H3. The van der Waals surface area contributed by atoms with Crippen LogP contribution in [0, 0.1) is 27.3 Å². The monoisotopic (exact) mass is 381 g/mol. The van der Waals surface area contributed by atoms with Gasteiger partial charge in [0.25, 0.3) is 5.69 Å². The van der Waals surface area contributed by atoms with Crippen LogP contribution in [0.15, 0.2) is 12.1 Å². The van der Waals surface area contributed by atoms with Crippen LogP contribution < -0.4 is 4.90 Å². The van der Waals surface area contributed by atoms with Crippen molar-refractivity contribution < 1.29 is 28.4 Å². The number of nitrogens with zero attached hydrogens (tertiary/aromatic N) is 3. The Bertz CT molecular complexity index is 797. The first kappa shape index (κ1) is 21.8. The summed E-state index contributed by atoms with van der Waals surface area (Å²) >= 11 is 0. The fourth-order valence-corrected chi connectivity index (χ4v) is 2.18. The zero-order valence-electron chi connectivity index (χ0n) is 15.6. The van der Waals surface area contributed by atoms with Gasteiger partial charge in [-0.05, 0) is 33.8 Å². The molecule has 1 amide bonds. The fourth-order valence-electron chi connectivity index (χ4n) is 2.18. The van der Waals surface area contributed by atoms with Gasteiger partial charge >= 0.3 is 12.1 Å². The smallest absolute Gasteiger partial charge is 0.414 e. The van der Waals surface area contributed by atoms with E-state index in [1.54, 1.807) is 26.8 Å². The molecular weight excluding hydrogens is 361 g/mol. The van der Waals surface area contributed by atoms with Crippen molar-refractivity contribution in [1.29, 1.82) is 5.26 Å². The molecule has 0 saturated carbocycles. The third-order valence-electron chi connectivity index (χ3n) is 3.26. The molecule has 0 bridgehead atoms. The van der Waals surface area contributed by atoms with Crippen LogP contribution in [0.5, 0.6) is 0 Å². The normalized spacial score (nSPS) is 11.9. The molecule has 0 radical (unpaired) electrons. The number of carbonyl (C=O) groups excluding carboxylic acids is 2. The number of esters is 1. The van der Waals surface area contributed by atoms with Crippen molar-refractivity contribution in [1.82, 2.24) is 0 Å². The molecule has 1 atom stereocenters. The van der Waals surface area contributed by atoms with Crippen molar-refractivity contribution in [3.63, 3.8) is 0 Å². The van der Waals surface area contributed by atoms with E-state index in [-0.39, 0.29) is 6.61 Å². The van der Waals surface area contributed by atoms with Crippen LogP contribution >= 0.6 is 0 Å². The Morgan fingerprint density at radius 2 is 2.00 bits per heavy atom. The zero-order valence-corrected chi connectivity index (χ0v) is 15.6. The van der Waals surface area contributed by atoms with E-state index in [4.69, 9.17) is 9.47 Å². The summed E-state index contributed by atoms with van der Waals surface area (Å²) in [6, 6.07) is 3.04. The number of carbonyl (C=O) groups is 2. The first-order chi connectivity index (χ1) is 12.4. The molecule has 1 aromatic carbocycles. The second kappa shape index (κ2) is 8.44. The largest absolute Gasteiger partial charge is 0.465 e. The summed E-state index contributed by atoms with van der Waals surface area (Å²) in [4.78, 5) is 35.7. The number of anilines is 1. The summed E-state index contributed by atoms with van der Waals surface area (Å²) in [5, 5.41) is 20.9.